The molecule has 20 heavy (non-hydrogen) atoms. The van der Waals surface area contributed by atoms with E-state index in [1.807, 2.05) is 32.0 Å². The lowest BCUT2D eigenvalue weighted by Gasteiger charge is -2.11. The number of fused-ring (bicyclic) bond motifs is 1. The summed E-state index contributed by atoms with van der Waals surface area (Å²) in [4.78, 5) is 15.7. The number of carbonyl (C=O) groups is 1. The Morgan fingerprint density at radius 1 is 1.40 bits per heavy atom. The van der Waals surface area contributed by atoms with E-state index in [1.165, 1.54) is 0 Å². The van der Waals surface area contributed by atoms with Crippen LogP contribution in [0.3, 0.4) is 0 Å². The number of rotatable bonds is 5. The number of hydrogen-bond donors (Lipinski definition) is 0. The lowest BCUT2D eigenvalue weighted by Crippen LogP contribution is -2.00. The molecule has 0 aliphatic heterocycles. The van der Waals surface area contributed by atoms with E-state index in [1.54, 1.807) is 6.92 Å². The number of ether oxygens (including phenoxy) is 1. The molecule has 0 aliphatic rings. The minimum atomic E-state index is 0.156. The van der Waals surface area contributed by atoms with Crippen molar-refractivity contribution in [1.29, 1.82) is 0 Å². The minimum Gasteiger partial charge on any atom is -0.494 e. The van der Waals surface area contributed by atoms with E-state index in [-0.39, 0.29) is 5.78 Å². The average Bonchev–Trinajstić information content (AvgIpc) is 2.39. The van der Waals surface area contributed by atoms with Crippen LogP contribution in [0, 0.1) is 6.92 Å². The van der Waals surface area contributed by atoms with Gasteiger partial charge >= 0.3 is 0 Å². The van der Waals surface area contributed by atoms with E-state index >= 15 is 0 Å². The zero-order chi connectivity index (χ0) is 14.7. The number of aryl methyl sites for hydroxylation is 1. The normalized spacial score (nSPS) is 10.8. The van der Waals surface area contributed by atoms with Crippen molar-refractivity contribution >= 4 is 28.3 Å². The van der Waals surface area contributed by atoms with Crippen molar-refractivity contribution < 1.29 is 9.53 Å². The van der Waals surface area contributed by atoms with Crippen molar-refractivity contribution in [3.63, 3.8) is 0 Å². The maximum atomic E-state index is 11.2. The molecule has 2 aromatic rings. The third-order valence-electron chi connectivity index (χ3n) is 3.23. The first-order valence-electron chi connectivity index (χ1n) is 6.74. The predicted molar refractivity (Wildman–Crippen MR) is 81.7 cm³/mol. The quantitative estimate of drug-likeness (QED) is 0.832. The second-order valence-corrected chi connectivity index (χ2v) is 5.18. The largest absolute Gasteiger partial charge is 0.494 e. The van der Waals surface area contributed by atoms with Crippen LogP contribution in [0.1, 0.15) is 31.5 Å². The van der Waals surface area contributed by atoms with Crippen molar-refractivity contribution in [3.8, 4) is 5.75 Å². The molecule has 0 amide bonds. The van der Waals surface area contributed by atoms with Crippen molar-refractivity contribution in [2.24, 2.45) is 0 Å². The van der Waals surface area contributed by atoms with Gasteiger partial charge in [0, 0.05) is 17.5 Å². The molecular formula is C16H18ClNO2. The number of ketones is 1. The molecule has 0 saturated carbocycles. The number of hydrogen-bond acceptors (Lipinski definition) is 3. The molecule has 0 unspecified atom stereocenters. The number of Topliss-reactive ketones (excluding diaryl/α,β-unsaturated/α-hetero) is 1. The number of halogens is 1. The van der Waals surface area contributed by atoms with Crippen molar-refractivity contribution in [1.82, 2.24) is 4.98 Å². The molecule has 0 radical (unpaired) electrons. The van der Waals surface area contributed by atoms with Crippen LogP contribution in [0.15, 0.2) is 18.2 Å². The fourth-order valence-electron chi connectivity index (χ4n) is 2.21. The lowest BCUT2D eigenvalue weighted by molar-refractivity contribution is -0.116. The highest BCUT2D eigenvalue weighted by molar-refractivity contribution is 6.36. The van der Waals surface area contributed by atoms with Gasteiger partial charge in [-0.05, 0) is 51.0 Å². The Kier molecular flexibility index (Phi) is 4.61. The molecule has 0 spiro atoms. The first kappa shape index (κ1) is 14.8. The second kappa shape index (κ2) is 6.23. The van der Waals surface area contributed by atoms with Gasteiger partial charge in [-0.15, -0.1) is 0 Å². The van der Waals surface area contributed by atoms with Crippen LogP contribution in [0.2, 0.25) is 5.02 Å². The highest BCUT2D eigenvalue weighted by Crippen LogP contribution is 2.31. The predicted octanol–water partition coefficient (Wildman–Crippen LogP) is 4.12. The Morgan fingerprint density at radius 2 is 2.15 bits per heavy atom. The first-order chi connectivity index (χ1) is 9.52. The second-order valence-electron chi connectivity index (χ2n) is 4.80. The average molecular weight is 292 g/mol. The Hall–Kier alpha value is -1.61. The molecule has 0 fully saturated rings. The molecule has 0 atom stereocenters. The Balaban J connectivity index is 2.50. The molecule has 0 N–H and O–H groups in total. The third kappa shape index (κ3) is 3.10. The zero-order valence-corrected chi connectivity index (χ0v) is 12.8. The topological polar surface area (TPSA) is 39.2 Å². The highest BCUT2D eigenvalue weighted by Gasteiger charge is 2.12. The number of aromatic nitrogens is 1. The highest BCUT2D eigenvalue weighted by atomic mass is 35.5. The van der Waals surface area contributed by atoms with E-state index < -0.39 is 0 Å². The molecule has 1 heterocycles. The molecule has 4 heteroatoms. The minimum absolute atomic E-state index is 0.156. The van der Waals surface area contributed by atoms with Gasteiger partial charge in [-0.2, -0.15) is 0 Å². The summed E-state index contributed by atoms with van der Waals surface area (Å²) in [5, 5.41) is 1.55. The van der Waals surface area contributed by atoms with Crippen LogP contribution >= 0.6 is 11.6 Å². The molecule has 0 saturated heterocycles. The monoisotopic (exact) mass is 291 g/mol. The third-order valence-corrected chi connectivity index (χ3v) is 3.66. The van der Waals surface area contributed by atoms with E-state index in [2.05, 4.69) is 4.98 Å². The summed E-state index contributed by atoms with van der Waals surface area (Å²) < 4.78 is 5.50. The standard InChI is InChI=1S/C16H18ClNO2/c1-4-20-12-6-8-15-14(9-12)16(17)13(11(3)18-15)7-5-10(2)19/h6,8-9H,4-5,7H2,1-3H3. The van der Waals surface area contributed by atoms with Crippen LogP contribution in [0.4, 0.5) is 0 Å². The smallest absolute Gasteiger partial charge is 0.130 e. The summed E-state index contributed by atoms with van der Waals surface area (Å²) in [7, 11) is 0. The van der Waals surface area contributed by atoms with Crippen LogP contribution in [-0.4, -0.2) is 17.4 Å². The summed E-state index contributed by atoms with van der Waals surface area (Å²) in [6, 6.07) is 5.71. The SMILES string of the molecule is CCOc1ccc2nc(C)c(CCC(C)=O)c(Cl)c2c1. The van der Waals surface area contributed by atoms with E-state index in [0.29, 0.717) is 24.5 Å². The Labute approximate surface area is 123 Å². The van der Waals surface area contributed by atoms with Gasteiger partial charge in [-0.3, -0.25) is 4.98 Å². The summed E-state index contributed by atoms with van der Waals surface area (Å²) in [5.41, 5.74) is 2.68. The lowest BCUT2D eigenvalue weighted by atomic mass is 10.0. The Morgan fingerprint density at radius 3 is 2.80 bits per heavy atom. The first-order valence-corrected chi connectivity index (χ1v) is 7.11. The van der Waals surface area contributed by atoms with Gasteiger partial charge in [-0.1, -0.05) is 11.6 Å². The van der Waals surface area contributed by atoms with Crippen molar-refractivity contribution in [2.45, 2.75) is 33.6 Å². The van der Waals surface area contributed by atoms with Gasteiger partial charge in [0.05, 0.1) is 17.1 Å². The summed E-state index contributed by atoms with van der Waals surface area (Å²) in [5.74, 6) is 0.939. The number of benzene rings is 1. The number of nitrogens with zero attached hydrogens (tertiary/aromatic N) is 1. The fourth-order valence-corrected chi connectivity index (χ4v) is 2.59. The van der Waals surface area contributed by atoms with Gasteiger partial charge in [0.1, 0.15) is 11.5 Å². The van der Waals surface area contributed by atoms with Gasteiger partial charge in [0.25, 0.3) is 0 Å². The van der Waals surface area contributed by atoms with E-state index in [0.717, 1.165) is 27.9 Å². The zero-order valence-electron chi connectivity index (χ0n) is 12.0. The summed E-state index contributed by atoms with van der Waals surface area (Å²) >= 11 is 6.50. The summed E-state index contributed by atoms with van der Waals surface area (Å²) in [6.45, 7) is 6.07. The number of pyridine rings is 1. The van der Waals surface area contributed by atoms with E-state index in [9.17, 15) is 4.79 Å². The van der Waals surface area contributed by atoms with Crippen LogP contribution in [-0.2, 0) is 11.2 Å². The van der Waals surface area contributed by atoms with Crippen LogP contribution in [0.5, 0.6) is 5.75 Å². The fraction of sp³-hybridized carbons (Fsp3) is 0.375. The molecule has 1 aromatic heterocycles. The van der Waals surface area contributed by atoms with Crippen molar-refractivity contribution in [2.75, 3.05) is 6.61 Å². The van der Waals surface area contributed by atoms with Gasteiger partial charge in [0.2, 0.25) is 0 Å². The number of carbonyl (C=O) groups excluding carboxylic acids is 1. The van der Waals surface area contributed by atoms with Gasteiger partial charge < -0.3 is 9.53 Å². The Bertz CT molecular complexity index is 652. The molecule has 2 rings (SSSR count). The van der Waals surface area contributed by atoms with E-state index in [4.69, 9.17) is 16.3 Å². The maximum absolute atomic E-state index is 11.2. The van der Waals surface area contributed by atoms with Gasteiger partial charge in [-0.25, -0.2) is 0 Å². The molecule has 0 aliphatic carbocycles. The van der Waals surface area contributed by atoms with Gasteiger partial charge in [0.15, 0.2) is 0 Å². The maximum Gasteiger partial charge on any atom is 0.130 e. The molecular weight excluding hydrogens is 274 g/mol. The molecule has 1 aromatic carbocycles. The van der Waals surface area contributed by atoms with Crippen molar-refractivity contribution in [3.05, 3.63) is 34.5 Å². The molecule has 3 nitrogen and oxygen atoms in total. The van der Waals surface area contributed by atoms with Crippen LogP contribution < -0.4 is 4.74 Å². The van der Waals surface area contributed by atoms with Crippen LogP contribution in [0.25, 0.3) is 10.9 Å². The molecule has 106 valence electrons. The summed E-state index contributed by atoms with van der Waals surface area (Å²) in [6.07, 6.45) is 1.11. The molecule has 0 bridgehead atoms.